The van der Waals surface area contributed by atoms with Crippen molar-refractivity contribution in [1.29, 1.82) is 0 Å². The lowest BCUT2D eigenvalue weighted by Gasteiger charge is -2.48. The van der Waals surface area contributed by atoms with Gasteiger partial charge >= 0.3 is 0 Å². The van der Waals surface area contributed by atoms with E-state index in [2.05, 4.69) is 22.0 Å². The van der Waals surface area contributed by atoms with Crippen molar-refractivity contribution in [2.24, 2.45) is 0 Å². The van der Waals surface area contributed by atoms with Crippen LogP contribution in [0.5, 0.6) is 0 Å². The Morgan fingerprint density at radius 1 is 0.795 bits per heavy atom. The van der Waals surface area contributed by atoms with Crippen LogP contribution in [-0.4, -0.2) is 65.7 Å². The van der Waals surface area contributed by atoms with Crippen molar-refractivity contribution in [2.75, 3.05) is 32.7 Å². The first-order chi connectivity index (χ1) is 18.9. The first-order valence-electron chi connectivity index (χ1n) is 15.5. The molecule has 2 heterocycles. The van der Waals surface area contributed by atoms with Gasteiger partial charge in [0.25, 0.3) is 0 Å². The van der Waals surface area contributed by atoms with Crippen LogP contribution in [0.2, 0.25) is 0 Å². The van der Waals surface area contributed by atoms with Crippen LogP contribution in [0.4, 0.5) is 4.39 Å². The molecule has 0 saturated carbocycles. The number of carbonyl (C=O) groups excluding carboxylic acids is 3. The molecule has 7 heteroatoms. The van der Waals surface area contributed by atoms with E-state index in [0.29, 0.717) is 31.2 Å². The number of nitrogens with one attached hydrogen (secondary N) is 1. The van der Waals surface area contributed by atoms with Crippen molar-refractivity contribution >= 4 is 17.6 Å². The molecule has 0 spiro atoms. The number of carbonyl (C=O) groups is 3. The second kappa shape index (κ2) is 16.9. The fourth-order valence-corrected chi connectivity index (χ4v) is 6.12. The summed E-state index contributed by atoms with van der Waals surface area (Å²) in [4.78, 5) is 43.4. The van der Waals surface area contributed by atoms with Crippen molar-refractivity contribution in [3.8, 4) is 0 Å². The van der Waals surface area contributed by atoms with E-state index in [1.54, 1.807) is 12.1 Å². The molecule has 0 bridgehead atoms. The Kier molecular flexibility index (Phi) is 13.6. The van der Waals surface area contributed by atoms with Gasteiger partial charge in [-0.15, -0.1) is 0 Å². The molecule has 0 radical (unpaired) electrons. The van der Waals surface area contributed by atoms with Crippen molar-refractivity contribution in [2.45, 2.75) is 115 Å². The number of Topliss-reactive ketones (excluding diaryl/α,β-unsaturated/α-hetero) is 1. The SMILES string of the molecule is CCCCCCCCCCC(=O)NC(=O)C1(N2CCCCC2)CCN(CCCC(=O)c2ccc(F)cc2)CC1. The first kappa shape index (κ1) is 31.4. The maximum Gasteiger partial charge on any atom is 0.247 e. The van der Waals surface area contributed by atoms with Crippen LogP contribution in [0.25, 0.3) is 0 Å². The van der Waals surface area contributed by atoms with Gasteiger partial charge in [0.05, 0.1) is 0 Å². The minimum atomic E-state index is -0.615. The summed E-state index contributed by atoms with van der Waals surface area (Å²) < 4.78 is 13.1. The highest BCUT2D eigenvalue weighted by molar-refractivity contribution is 6.00. The number of hydrogen-bond donors (Lipinski definition) is 1. The molecule has 2 aliphatic rings. The topological polar surface area (TPSA) is 69.7 Å². The quantitative estimate of drug-likeness (QED) is 0.196. The summed E-state index contributed by atoms with van der Waals surface area (Å²) in [7, 11) is 0. The Hall–Kier alpha value is -2.12. The monoisotopic (exact) mass is 543 g/mol. The number of nitrogens with zero attached hydrogens (tertiary/aromatic N) is 2. The average molecular weight is 544 g/mol. The molecule has 1 N–H and O–H groups in total. The zero-order valence-corrected chi connectivity index (χ0v) is 24.2. The molecule has 2 fully saturated rings. The Labute approximate surface area is 235 Å². The molecule has 6 nitrogen and oxygen atoms in total. The molecule has 0 aliphatic carbocycles. The van der Waals surface area contributed by atoms with Gasteiger partial charge in [0.1, 0.15) is 11.4 Å². The summed E-state index contributed by atoms with van der Waals surface area (Å²) in [5.41, 5.74) is -0.0667. The molecule has 3 rings (SSSR count). The van der Waals surface area contributed by atoms with Crippen LogP contribution < -0.4 is 5.32 Å². The lowest BCUT2D eigenvalue weighted by Crippen LogP contribution is -2.64. The summed E-state index contributed by atoms with van der Waals surface area (Å²) in [5.74, 6) is -0.552. The van der Waals surface area contributed by atoms with Gasteiger partial charge in [-0.25, -0.2) is 4.39 Å². The number of rotatable bonds is 16. The predicted octanol–water partition coefficient (Wildman–Crippen LogP) is 6.28. The first-order valence-corrected chi connectivity index (χ1v) is 15.5. The van der Waals surface area contributed by atoms with Crippen LogP contribution in [0.15, 0.2) is 24.3 Å². The van der Waals surface area contributed by atoms with Crippen molar-refractivity contribution < 1.29 is 18.8 Å². The van der Waals surface area contributed by atoms with Gasteiger partial charge in [-0.2, -0.15) is 0 Å². The van der Waals surface area contributed by atoms with Crippen LogP contribution in [0, 0.1) is 5.82 Å². The number of benzene rings is 1. The Morgan fingerprint density at radius 3 is 2.05 bits per heavy atom. The fourth-order valence-electron chi connectivity index (χ4n) is 6.12. The standard InChI is InChI=1S/C32H50FN3O3/c1-2-3-4-5-6-7-8-10-15-30(38)34-31(39)32(36-23-11-9-12-24-36)20-25-35(26-21-32)22-13-14-29(37)27-16-18-28(33)19-17-27/h16-19H,2-15,20-26H2,1H3,(H,34,38,39). The molecule has 0 unspecified atom stereocenters. The largest absolute Gasteiger partial charge is 0.303 e. The molecular weight excluding hydrogens is 493 g/mol. The molecule has 218 valence electrons. The zero-order chi connectivity index (χ0) is 27.9. The second-order valence-electron chi connectivity index (χ2n) is 11.6. The number of unbranched alkanes of at least 4 members (excludes halogenated alkanes) is 7. The molecule has 1 aromatic rings. The minimum absolute atomic E-state index is 0.0315. The molecule has 0 aromatic heterocycles. The number of halogens is 1. The van der Waals surface area contributed by atoms with Crippen LogP contribution in [0.1, 0.15) is 120 Å². The fraction of sp³-hybridized carbons (Fsp3) is 0.719. The highest BCUT2D eigenvalue weighted by atomic mass is 19.1. The molecule has 1 aromatic carbocycles. The van der Waals surface area contributed by atoms with E-state index in [4.69, 9.17) is 0 Å². The van der Waals surface area contributed by atoms with Crippen LogP contribution in [-0.2, 0) is 9.59 Å². The Morgan fingerprint density at radius 2 is 1.41 bits per heavy atom. The highest BCUT2D eigenvalue weighted by Crippen LogP contribution is 2.32. The Bertz CT molecular complexity index is 890. The number of ketones is 1. The third-order valence-corrected chi connectivity index (χ3v) is 8.62. The summed E-state index contributed by atoms with van der Waals surface area (Å²) >= 11 is 0. The van der Waals surface area contributed by atoms with Gasteiger partial charge in [-0.1, -0.05) is 58.3 Å². The molecule has 0 atom stereocenters. The average Bonchev–Trinajstić information content (AvgIpc) is 2.95. The third-order valence-electron chi connectivity index (χ3n) is 8.62. The lowest BCUT2D eigenvalue weighted by atomic mass is 9.83. The smallest absolute Gasteiger partial charge is 0.247 e. The number of piperidine rings is 2. The molecule has 2 saturated heterocycles. The molecule has 39 heavy (non-hydrogen) atoms. The summed E-state index contributed by atoms with van der Waals surface area (Å²) in [5, 5.41) is 2.79. The number of likely N-dealkylation sites (tertiary alicyclic amines) is 2. The van der Waals surface area contributed by atoms with Gasteiger partial charge in [-0.05, 0) is 82.4 Å². The van der Waals surface area contributed by atoms with E-state index in [1.807, 2.05) is 0 Å². The van der Waals surface area contributed by atoms with Gasteiger partial charge in [0.15, 0.2) is 5.78 Å². The van der Waals surface area contributed by atoms with Crippen LogP contribution >= 0.6 is 0 Å². The Balaban J connectivity index is 1.44. The molecule has 2 aliphatic heterocycles. The van der Waals surface area contributed by atoms with E-state index in [0.717, 1.165) is 71.2 Å². The van der Waals surface area contributed by atoms with Crippen molar-refractivity contribution in [3.05, 3.63) is 35.6 Å². The van der Waals surface area contributed by atoms with E-state index in [-0.39, 0.29) is 23.4 Å². The lowest BCUT2D eigenvalue weighted by molar-refractivity contribution is -0.142. The van der Waals surface area contributed by atoms with Crippen molar-refractivity contribution in [3.63, 3.8) is 0 Å². The number of amides is 2. The summed E-state index contributed by atoms with van der Waals surface area (Å²) in [6.45, 7) is 6.39. The second-order valence-corrected chi connectivity index (χ2v) is 11.6. The number of imide groups is 1. The van der Waals surface area contributed by atoms with Crippen molar-refractivity contribution in [1.82, 2.24) is 15.1 Å². The zero-order valence-electron chi connectivity index (χ0n) is 24.2. The van der Waals surface area contributed by atoms with Gasteiger partial charge in [0.2, 0.25) is 11.8 Å². The maximum atomic E-state index is 13.6. The number of hydrogen-bond acceptors (Lipinski definition) is 5. The molecule has 2 amide bonds. The van der Waals surface area contributed by atoms with Gasteiger partial charge in [-0.3, -0.25) is 24.6 Å². The maximum absolute atomic E-state index is 13.6. The third kappa shape index (κ3) is 10.1. The van der Waals surface area contributed by atoms with E-state index >= 15 is 0 Å². The van der Waals surface area contributed by atoms with Crippen LogP contribution in [0.3, 0.4) is 0 Å². The van der Waals surface area contributed by atoms with Gasteiger partial charge in [0, 0.05) is 31.5 Å². The van der Waals surface area contributed by atoms with Gasteiger partial charge < -0.3 is 4.90 Å². The minimum Gasteiger partial charge on any atom is -0.303 e. The highest BCUT2D eigenvalue weighted by Gasteiger charge is 2.46. The molecular formula is C32H50FN3O3. The predicted molar refractivity (Wildman–Crippen MR) is 154 cm³/mol. The summed E-state index contributed by atoms with van der Waals surface area (Å²) in [6.07, 6.45) is 15.8. The van der Waals surface area contributed by atoms with E-state index in [9.17, 15) is 18.8 Å². The van der Waals surface area contributed by atoms with E-state index < -0.39 is 5.54 Å². The van der Waals surface area contributed by atoms with E-state index in [1.165, 1.54) is 50.7 Å². The normalized spacial score (nSPS) is 18.1. The summed E-state index contributed by atoms with van der Waals surface area (Å²) in [6, 6.07) is 5.73.